The van der Waals surface area contributed by atoms with Gasteiger partial charge < -0.3 is 20.5 Å². The number of hydrogen-bond donors (Lipinski definition) is 3. The van der Waals surface area contributed by atoms with Gasteiger partial charge in [0.25, 0.3) is 5.56 Å². The van der Waals surface area contributed by atoms with Crippen LogP contribution in [0.4, 0.5) is 5.95 Å². The molecule has 1 aromatic carbocycles. The first kappa shape index (κ1) is 25.3. The molecule has 0 radical (unpaired) electrons. The van der Waals surface area contributed by atoms with Crippen molar-refractivity contribution < 1.29 is 9.84 Å². The van der Waals surface area contributed by atoms with Crippen molar-refractivity contribution in [3.05, 3.63) is 69.7 Å². The van der Waals surface area contributed by atoms with E-state index in [0.29, 0.717) is 67.0 Å². The Bertz CT molecular complexity index is 1470. The van der Waals surface area contributed by atoms with Crippen molar-refractivity contribution in [2.75, 3.05) is 38.2 Å². The van der Waals surface area contributed by atoms with Crippen LogP contribution in [0.15, 0.2) is 53.5 Å². The van der Waals surface area contributed by atoms with Gasteiger partial charge in [-0.1, -0.05) is 29.8 Å². The maximum absolute atomic E-state index is 13.8. The van der Waals surface area contributed by atoms with Crippen molar-refractivity contribution in [2.24, 2.45) is 0 Å². The van der Waals surface area contributed by atoms with Gasteiger partial charge in [0.05, 0.1) is 31.6 Å². The average Bonchev–Trinajstić information content (AvgIpc) is 2.87. The van der Waals surface area contributed by atoms with E-state index in [-0.39, 0.29) is 18.2 Å². The van der Waals surface area contributed by atoms with Gasteiger partial charge in [-0.05, 0) is 44.2 Å². The molecule has 1 saturated heterocycles. The summed E-state index contributed by atoms with van der Waals surface area (Å²) in [4.78, 5) is 27.5. The minimum atomic E-state index is -0.172. The third kappa shape index (κ3) is 5.65. The van der Waals surface area contributed by atoms with Crippen LogP contribution in [0.25, 0.3) is 33.4 Å². The number of fused-ring (bicyclic) bond motifs is 1. The number of aromatic nitrogens is 4. The Balaban J connectivity index is 1.54. The first-order valence-electron chi connectivity index (χ1n) is 12.3. The van der Waals surface area contributed by atoms with E-state index in [1.54, 1.807) is 16.8 Å². The zero-order valence-electron chi connectivity index (χ0n) is 20.6. The summed E-state index contributed by atoms with van der Waals surface area (Å²) in [7, 11) is 0. The summed E-state index contributed by atoms with van der Waals surface area (Å²) >= 11 is 6.73. The fraction of sp³-hybridized carbons (Fsp3) is 0.333. The van der Waals surface area contributed by atoms with Gasteiger partial charge in [-0.25, -0.2) is 4.98 Å². The monoisotopic (exact) mass is 520 g/mol. The van der Waals surface area contributed by atoms with Crippen molar-refractivity contribution in [3.63, 3.8) is 0 Å². The third-order valence-corrected chi connectivity index (χ3v) is 6.58. The smallest absolute Gasteiger partial charge is 0.260 e. The molecule has 4 aromatic rings. The number of aliphatic hydroxyl groups excluding tert-OH is 1. The molecule has 0 bridgehead atoms. The number of pyridine rings is 2. The summed E-state index contributed by atoms with van der Waals surface area (Å²) in [5.41, 5.74) is 4.15. The molecular weight excluding hydrogens is 492 g/mol. The standard InChI is InChI=1S/C27H29ClN6O3/c1-17-4-2-5-24(31-17)18-6-7-21(23(28)13-18)22-12-19-14-30-27(32-20-15-37-16-20)33-25(19)34(26(22)36)10-3-8-29-9-11-35/h2,4-7,12-14,20,29,35H,3,8-11,15-16H2,1H3,(H,30,32,33). The molecule has 5 rings (SSSR count). The number of benzene rings is 1. The highest BCUT2D eigenvalue weighted by atomic mass is 35.5. The van der Waals surface area contributed by atoms with E-state index in [1.807, 2.05) is 43.3 Å². The van der Waals surface area contributed by atoms with Crippen molar-refractivity contribution >= 4 is 28.6 Å². The van der Waals surface area contributed by atoms with Gasteiger partial charge in [0.15, 0.2) is 0 Å². The van der Waals surface area contributed by atoms with Crippen LogP contribution in [0.1, 0.15) is 12.1 Å². The van der Waals surface area contributed by atoms with E-state index in [0.717, 1.165) is 22.3 Å². The minimum Gasteiger partial charge on any atom is -0.395 e. The van der Waals surface area contributed by atoms with Crippen LogP contribution in [0.2, 0.25) is 5.02 Å². The normalized spacial score (nSPS) is 13.6. The molecule has 1 fully saturated rings. The SMILES string of the molecule is Cc1cccc(-c2ccc(-c3cc4cnc(NC5COC5)nc4n(CCCNCCO)c3=O)c(Cl)c2)n1. The summed E-state index contributed by atoms with van der Waals surface area (Å²) in [5.74, 6) is 0.466. The lowest BCUT2D eigenvalue weighted by atomic mass is 10.0. The highest BCUT2D eigenvalue weighted by Crippen LogP contribution is 2.31. The molecule has 4 heterocycles. The molecule has 0 aliphatic carbocycles. The van der Waals surface area contributed by atoms with Gasteiger partial charge in [-0.2, -0.15) is 4.98 Å². The molecule has 1 aliphatic heterocycles. The number of nitrogens with zero attached hydrogens (tertiary/aromatic N) is 4. The summed E-state index contributed by atoms with van der Waals surface area (Å²) in [5, 5.41) is 16.6. The molecule has 192 valence electrons. The Kier molecular flexibility index (Phi) is 7.76. The number of aryl methyl sites for hydroxylation is 2. The van der Waals surface area contributed by atoms with Crippen molar-refractivity contribution in [1.82, 2.24) is 24.8 Å². The number of anilines is 1. The van der Waals surface area contributed by atoms with Gasteiger partial charge in [0.2, 0.25) is 5.95 Å². The number of nitrogens with one attached hydrogen (secondary N) is 2. The Morgan fingerprint density at radius 1 is 1.14 bits per heavy atom. The van der Waals surface area contributed by atoms with E-state index < -0.39 is 0 Å². The summed E-state index contributed by atoms with van der Waals surface area (Å²) in [6.07, 6.45) is 2.42. The number of ether oxygens (including phenoxy) is 1. The van der Waals surface area contributed by atoms with E-state index >= 15 is 0 Å². The highest BCUT2D eigenvalue weighted by Gasteiger charge is 2.20. The Labute approximate surface area is 219 Å². The number of halogens is 1. The quantitative estimate of drug-likeness (QED) is 0.273. The van der Waals surface area contributed by atoms with E-state index in [4.69, 9.17) is 21.4 Å². The minimum absolute atomic E-state index is 0.0675. The molecule has 3 N–H and O–H groups in total. The predicted molar refractivity (Wildman–Crippen MR) is 145 cm³/mol. The van der Waals surface area contributed by atoms with Crippen molar-refractivity contribution in [2.45, 2.75) is 25.9 Å². The Morgan fingerprint density at radius 2 is 2.00 bits per heavy atom. The number of hydrogen-bond acceptors (Lipinski definition) is 8. The van der Waals surface area contributed by atoms with Gasteiger partial charge in [-0.15, -0.1) is 0 Å². The van der Waals surface area contributed by atoms with E-state index in [9.17, 15) is 4.79 Å². The van der Waals surface area contributed by atoms with Crippen LogP contribution in [-0.4, -0.2) is 63.6 Å². The lowest BCUT2D eigenvalue weighted by Gasteiger charge is -2.26. The summed E-state index contributed by atoms with van der Waals surface area (Å²) in [6, 6.07) is 13.4. The van der Waals surface area contributed by atoms with Crippen molar-refractivity contribution in [1.29, 1.82) is 0 Å². The van der Waals surface area contributed by atoms with Crippen molar-refractivity contribution in [3.8, 4) is 22.4 Å². The largest absolute Gasteiger partial charge is 0.395 e. The molecule has 1 aliphatic rings. The van der Waals surface area contributed by atoms with Crippen LogP contribution in [0.3, 0.4) is 0 Å². The molecular formula is C27H29ClN6O3. The summed E-state index contributed by atoms with van der Waals surface area (Å²) < 4.78 is 6.91. The maximum Gasteiger partial charge on any atom is 0.260 e. The molecule has 0 atom stereocenters. The van der Waals surface area contributed by atoms with E-state index in [2.05, 4.69) is 25.6 Å². The molecule has 0 saturated carbocycles. The van der Waals surface area contributed by atoms with Crippen LogP contribution in [-0.2, 0) is 11.3 Å². The third-order valence-electron chi connectivity index (χ3n) is 6.27. The predicted octanol–water partition coefficient (Wildman–Crippen LogP) is 3.27. The van der Waals surface area contributed by atoms with Crippen LogP contribution < -0.4 is 16.2 Å². The zero-order chi connectivity index (χ0) is 25.8. The zero-order valence-corrected chi connectivity index (χ0v) is 21.3. The first-order valence-corrected chi connectivity index (χ1v) is 12.7. The fourth-order valence-corrected chi connectivity index (χ4v) is 4.58. The topological polar surface area (TPSA) is 114 Å². The molecule has 0 amide bonds. The highest BCUT2D eigenvalue weighted by molar-refractivity contribution is 6.33. The second kappa shape index (κ2) is 11.4. The molecule has 0 unspecified atom stereocenters. The van der Waals surface area contributed by atoms with Gasteiger partial charge in [0, 0.05) is 52.1 Å². The fourth-order valence-electron chi connectivity index (χ4n) is 4.29. The first-order chi connectivity index (χ1) is 18.0. The Hall–Kier alpha value is -3.37. The molecule has 0 spiro atoms. The number of rotatable bonds is 10. The Morgan fingerprint density at radius 3 is 2.73 bits per heavy atom. The maximum atomic E-state index is 13.8. The van der Waals surface area contributed by atoms with E-state index in [1.165, 1.54) is 0 Å². The lowest BCUT2D eigenvalue weighted by molar-refractivity contribution is 0.0208. The summed E-state index contributed by atoms with van der Waals surface area (Å²) in [6.45, 7) is 4.85. The second-order valence-corrected chi connectivity index (χ2v) is 9.46. The molecule has 37 heavy (non-hydrogen) atoms. The molecule has 3 aromatic heterocycles. The average molecular weight is 521 g/mol. The van der Waals surface area contributed by atoms with Gasteiger partial charge >= 0.3 is 0 Å². The van der Waals surface area contributed by atoms with Crippen LogP contribution in [0, 0.1) is 6.92 Å². The van der Waals surface area contributed by atoms with Crippen LogP contribution in [0.5, 0.6) is 0 Å². The molecule has 9 nitrogen and oxygen atoms in total. The lowest BCUT2D eigenvalue weighted by Crippen LogP contribution is -2.40. The van der Waals surface area contributed by atoms with Crippen LogP contribution >= 0.6 is 11.6 Å². The van der Waals surface area contributed by atoms with Gasteiger partial charge in [0.1, 0.15) is 5.65 Å². The van der Waals surface area contributed by atoms with Gasteiger partial charge in [-0.3, -0.25) is 14.3 Å². The second-order valence-electron chi connectivity index (χ2n) is 9.05. The molecule has 10 heteroatoms. The number of aliphatic hydroxyl groups is 1.